The van der Waals surface area contributed by atoms with Gasteiger partial charge in [0, 0.05) is 78.9 Å². The van der Waals surface area contributed by atoms with Crippen molar-refractivity contribution >= 4 is 11.9 Å². The quantitative estimate of drug-likeness (QED) is 0.0356. The maximum Gasteiger partial charge on any atom is 0.333 e. The maximum atomic E-state index is 11.0. The molecule has 0 bridgehead atoms. The van der Waals surface area contributed by atoms with E-state index in [-0.39, 0.29) is 40.3 Å². The predicted octanol–water partition coefficient (Wildman–Crippen LogP) is 8.15. The molecule has 0 spiro atoms. The van der Waals surface area contributed by atoms with Crippen LogP contribution in [0.15, 0.2) is 85.0 Å². The summed E-state index contributed by atoms with van der Waals surface area (Å²) in [6, 6.07) is 20.0. The van der Waals surface area contributed by atoms with E-state index >= 15 is 0 Å². The first-order chi connectivity index (χ1) is 27.0. The molecule has 57 heavy (non-hydrogen) atoms. The summed E-state index contributed by atoms with van der Waals surface area (Å²) in [6.07, 6.45) is 9.57. The minimum absolute atomic E-state index is 0. The van der Waals surface area contributed by atoms with E-state index in [0.29, 0.717) is 83.4 Å². The number of carbonyl (C=O) groups excluding carboxylic acids is 2. The number of unbranched alkanes of at least 4 members (excludes halogenated alkanes) is 4. The number of aliphatic hydroxyl groups excluding tert-OH is 5. The molecule has 5 N–H and O–H groups in total. The van der Waals surface area contributed by atoms with E-state index in [9.17, 15) is 9.59 Å². The Bertz CT molecular complexity index is 1040. The second kappa shape index (κ2) is 60.0. The van der Waals surface area contributed by atoms with Crippen LogP contribution in [0, 0.1) is 0 Å². The first kappa shape index (κ1) is 66.1. The molecule has 0 atom stereocenters. The Hall–Kier alpha value is -2.71. The maximum absolute atomic E-state index is 11.0. The summed E-state index contributed by atoms with van der Waals surface area (Å²) in [6.45, 7) is 22.7. The van der Waals surface area contributed by atoms with Crippen LogP contribution in [0.2, 0.25) is 0 Å². The summed E-state index contributed by atoms with van der Waals surface area (Å²) in [5.74, 6) is -0.687. The Balaban J connectivity index is -0.000000143. The van der Waals surface area contributed by atoms with Gasteiger partial charge in [-0.15, -0.1) is 0 Å². The second-order valence-electron chi connectivity index (χ2n) is 12.0. The summed E-state index contributed by atoms with van der Waals surface area (Å²) in [5.41, 5.74) is 3.18. The van der Waals surface area contributed by atoms with Crippen molar-refractivity contribution in [1.82, 2.24) is 0 Å². The third-order valence-electron chi connectivity index (χ3n) is 6.27. The van der Waals surface area contributed by atoms with Gasteiger partial charge in [-0.25, -0.2) is 9.59 Å². The van der Waals surface area contributed by atoms with Crippen molar-refractivity contribution in [2.45, 2.75) is 119 Å². The van der Waals surface area contributed by atoms with Gasteiger partial charge in [0.15, 0.2) is 0 Å². The van der Waals surface area contributed by atoms with Gasteiger partial charge >= 0.3 is 11.9 Å². The molecular weight excluding hydrogens is 764 g/mol. The van der Waals surface area contributed by atoms with Gasteiger partial charge in [0.2, 0.25) is 0 Å². The molecule has 330 valence electrons. The van der Waals surface area contributed by atoms with E-state index in [1.54, 1.807) is 13.8 Å². The molecule has 0 heterocycles. The van der Waals surface area contributed by atoms with Crippen molar-refractivity contribution in [2.24, 2.45) is 0 Å². The molecule has 0 radical (unpaired) electrons. The van der Waals surface area contributed by atoms with Gasteiger partial charge in [-0.05, 0) is 57.1 Å². The fourth-order valence-corrected chi connectivity index (χ4v) is 2.95. The number of esters is 2. The molecule has 0 saturated heterocycles. The minimum Gasteiger partial charge on any atom is -0.466 e. The van der Waals surface area contributed by atoms with Crippen LogP contribution in [0.3, 0.4) is 0 Å². The number of rotatable bonds is 21. The number of benzene rings is 2. The molecule has 11 nitrogen and oxygen atoms in total. The third kappa shape index (κ3) is 65.4. The summed E-state index contributed by atoms with van der Waals surface area (Å²) >= 11 is 0. The summed E-state index contributed by atoms with van der Waals surface area (Å²) in [7, 11) is 1.33. The van der Waals surface area contributed by atoms with Crippen molar-refractivity contribution in [3.63, 3.8) is 0 Å². The first-order valence-corrected chi connectivity index (χ1v) is 19.8. The summed E-state index contributed by atoms with van der Waals surface area (Å²) in [5, 5.41) is 40.7. The predicted molar refractivity (Wildman–Crippen MR) is 229 cm³/mol. The molecule has 0 aliphatic rings. The summed E-state index contributed by atoms with van der Waals surface area (Å²) in [4.78, 5) is 21.2. The van der Waals surface area contributed by atoms with Crippen molar-refractivity contribution in [3.05, 3.63) is 96.1 Å². The summed E-state index contributed by atoms with van der Waals surface area (Å²) < 4.78 is 20.0. The van der Waals surface area contributed by atoms with Crippen molar-refractivity contribution in [1.29, 1.82) is 0 Å². The zero-order valence-corrected chi connectivity index (χ0v) is 38.1. The van der Waals surface area contributed by atoms with Crippen LogP contribution in [-0.4, -0.2) is 97.4 Å². The zero-order valence-electron chi connectivity index (χ0n) is 36.5. The van der Waals surface area contributed by atoms with Crippen molar-refractivity contribution < 1.29 is 75.8 Å². The van der Waals surface area contributed by atoms with Gasteiger partial charge in [0.1, 0.15) is 0 Å². The number of aliphatic hydroxyl groups is 5. The van der Waals surface area contributed by atoms with Crippen LogP contribution in [0.1, 0.15) is 117 Å². The number of ether oxygens (including phenoxy) is 4. The molecule has 0 aromatic heterocycles. The van der Waals surface area contributed by atoms with Crippen LogP contribution in [0.4, 0.5) is 0 Å². The van der Waals surface area contributed by atoms with E-state index in [4.69, 9.17) is 39.7 Å². The van der Waals surface area contributed by atoms with Crippen molar-refractivity contribution in [2.75, 3.05) is 60.0 Å². The normalized spacial score (nSPS) is 8.98. The van der Waals surface area contributed by atoms with E-state index in [1.807, 2.05) is 60.7 Å². The van der Waals surface area contributed by atoms with E-state index < -0.39 is 0 Å². The Kier molecular flexibility index (Phi) is 69.6. The van der Waals surface area contributed by atoms with E-state index in [2.05, 4.69) is 45.6 Å². The Labute approximate surface area is 361 Å². The molecule has 2 aromatic carbocycles. The van der Waals surface area contributed by atoms with Crippen LogP contribution in [0.5, 0.6) is 0 Å². The number of methoxy groups -OCH3 is 1. The molecule has 12 heteroatoms. The number of hydrogen-bond acceptors (Lipinski definition) is 11. The molecular formula is C45H80O11Ti. The molecule has 0 saturated carbocycles. The van der Waals surface area contributed by atoms with Crippen LogP contribution < -0.4 is 0 Å². The molecule has 0 unspecified atom stereocenters. The molecule has 0 amide bonds. The van der Waals surface area contributed by atoms with Crippen LogP contribution in [0.25, 0.3) is 0 Å². The van der Waals surface area contributed by atoms with Crippen molar-refractivity contribution in [3.8, 4) is 0 Å². The fraction of sp³-hybridized carbons (Fsp3) is 0.600. The van der Waals surface area contributed by atoms with E-state index in [1.165, 1.54) is 12.7 Å². The van der Waals surface area contributed by atoms with Gasteiger partial charge in [-0.3, -0.25) is 0 Å². The second-order valence-corrected chi connectivity index (χ2v) is 12.0. The molecule has 0 aliphatic carbocycles. The first-order valence-electron chi connectivity index (χ1n) is 19.8. The monoisotopic (exact) mass is 845 g/mol. The molecule has 2 aromatic rings. The topological polar surface area (TPSA) is 172 Å². The van der Waals surface area contributed by atoms with Crippen LogP contribution in [-0.2, 0) is 63.5 Å². The van der Waals surface area contributed by atoms with E-state index in [0.717, 1.165) is 56.9 Å². The third-order valence-corrected chi connectivity index (χ3v) is 6.27. The Morgan fingerprint density at radius 2 is 0.825 bits per heavy atom. The molecule has 2 rings (SSSR count). The standard InChI is InChI=1S/C14H18O3.C10H14O2.C5H8O2.4C4H10O.Ti/c1-12(2)14(15)17-10-6-9-16-11-13-7-4-3-5-8-13;11-7-4-8-12-9-10-5-2-1-3-6-10;1-4(2)5(6)7-3;4*1-2-3-4-5;/h3-5,7-8H,1,6,9-11H2,2H3;1-3,5-6,11H,4,7-9H2;1H2,2-3H3;4*5H,2-4H2,1H3;. The minimum atomic E-state index is -0.347. The van der Waals surface area contributed by atoms with Crippen LogP contribution >= 0.6 is 0 Å². The number of hydrogen-bond donors (Lipinski definition) is 5. The average Bonchev–Trinajstić information content (AvgIpc) is 3.21. The number of carbonyl (C=O) groups is 2. The average molecular weight is 845 g/mol. The Morgan fingerprint density at radius 3 is 1.05 bits per heavy atom. The molecule has 0 fully saturated rings. The van der Waals surface area contributed by atoms with Gasteiger partial charge < -0.3 is 44.5 Å². The SMILES string of the molecule is C=C(C)C(=O)OC.C=C(C)C(=O)OCCCOCc1ccccc1.CCCCO.CCCCO.CCCCO.CCCCO.OCCCOCc1ccccc1.[Ti]. The largest absolute Gasteiger partial charge is 0.466 e. The van der Waals surface area contributed by atoms with Gasteiger partial charge in [0.05, 0.1) is 33.5 Å². The smallest absolute Gasteiger partial charge is 0.333 e. The Morgan fingerprint density at radius 1 is 0.509 bits per heavy atom. The zero-order chi connectivity index (χ0) is 43.5. The van der Waals surface area contributed by atoms with Gasteiger partial charge in [-0.1, -0.05) is 127 Å². The fourth-order valence-electron chi connectivity index (χ4n) is 2.95. The van der Waals surface area contributed by atoms with Gasteiger partial charge in [0.25, 0.3) is 0 Å². The van der Waals surface area contributed by atoms with Gasteiger partial charge in [-0.2, -0.15) is 0 Å². The molecule has 0 aliphatic heterocycles.